The zero-order valence-corrected chi connectivity index (χ0v) is 7.04. The average Bonchev–Trinajstić information content (AvgIpc) is 1.95. The summed E-state index contributed by atoms with van der Waals surface area (Å²) in [5.74, 6) is -0.843. The molecule has 1 saturated carbocycles. The Bertz CT molecular complexity index is 232. The largest absolute Gasteiger partial charge is 0.481 e. The Labute approximate surface area is 71.1 Å². The number of aliphatic carboxylic acids is 1. The second kappa shape index (κ2) is 3.09. The van der Waals surface area contributed by atoms with E-state index in [9.17, 15) is 9.59 Å². The molecule has 0 bridgehead atoms. The first-order valence-corrected chi connectivity index (χ1v) is 4.03. The van der Waals surface area contributed by atoms with Gasteiger partial charge in [0.25, 0.3) is 0 Å². The Morgan fingerprint density at radius 3 is 2.58 bits per heavy atom. The van der Waals surface area contributed by atoms with Gasteiger partial charge in [-0.1, -0.05) is 19.1 Å². The van der Waals surface area contributed by atoms with Crippen molar-refractivity contribution in [2.24, 2.45) is 5.41 Å². The summed E-state index contributed by atoms with van der Waals surface area (Å²) >= 11 is 0. The molecule has 1 rings (SSSR count). The van der Waals surface area contributed by atoms with Gasteiger partial charge in [0.2, 0.25) is 0 Å². The predicted molar refractivity (Wildman–Crippen MR) is 43.7 cm³/mol. The molecule has 1 N–H and O–H groups in total. The third-order valence-electron chi connectivity index (χ3n) is 2.12. The average molecular weight is 168 g/mol. The number of rotatable bonds is 3. The van der Waals surface area contributed by atoms with Gasteiger partial charge in [-0.15, -0.1) is 0 Å². The summed E-state index contributed by atoms with van der Waals surface area (Å²) in [5, 5.41) is 8.82. The predicted octanol–water partition coefficient (Wildman–Crippen LogP) is 1.39. The lowest BCUT2D eigenvalue weighted by Crippen LogP contribution is -2.42. The Kier molecular flexibility index (Phi) is 2.31. The number of carboxylic acids is 1. The minimum Gasteiger partial charge on any atom is -0.481 e. The molecule has 66 valence electrons. The monoisotopic (exact) mass is 168 g/mol. The fraction of sp³-hybridized carbons (Fsp3) is 0.556. The van der Waals surface area contributed by atoms with E-state index in [1.807, 2.05) is 6.92 Å². The fourth-order valence-corrected chi connectivity index (χ4v) is 1.34. The normalized spacial score (nSPS) is 20.9. The Balaban J connectivity index is 2.69. The highest BCUT2D eigenvalue weighted by atomic mass is 16.4. The number of ketones is 1. The van der Waals surface area contributed by atoms with Crippen LogP contribution < -0.4 is 0 Å². The summed E-state index contributed by atoms with van der Waals surface area (Å²) in [6.07, 6.45) is 4.60. The zero-order valence-electron chi connectivity index (χ0n) is 7.04. The molecule has 1 aliphatic rings. The molecular weight excluding hydrogens is 156 g/mol. The van der Waals surface area contributed by atoms with Crippen LogP contribution in [0, 0.1) is 5.41 Å². The van der Waals surface area contributed by atoms with E-state index < -0.39 is 11.4 Å². The quantitative estimate of drug-likeness (QED) is 0.648. The molecule has 1 aliphatic carbocycles. The van der Waals surface area contributed by atoms with Crippen molar-refractivity contribution >= 4 is 11.8 Å². The van der Waals surface area contributed by atoms with Gasteiger partial charge in [-0.3, -0.25) is 9.59 Å². The van der Waals surface area contributed by atoms with Crippen LogP contribution >= 0.6 is 0 Å². The number of hydrogen-bond donors (Lipinski definition) is 1. The van der Waals surface area contributed by atoms with E-state index in [1.165, 1.54) is 0 Å². The molecule has 0 aliphatic heterocycles. The zero-order chi connectivity index (χ0) is 9.19. The summed E-state index contributed by atoms with van der Waals surface area (Å²) in [5.41, 5.74) is -0.868. The van der Waals surface area contributed by atoms with Gasteiger partial charge in [0.05, 0.1) is 5.41 Å². The summed E-state index contributed by atoms with van der Waals surface area (Å²) < 4.78 is 0. The molecule has 0 aromatic rings. The number of hydrogen-bond acceptors (Lipinski definition) is 2. The second-order valence-corrected chi connectivity index (χ2v) is 3.16. The highest BCUT2D eigenvalue weighted by molar-refractivity contribution is 5.98. The van der Waals surface area contributed by atoms with E-state index in [0.29, 0.717) is 0 Å². The van der Waals surface area contributed by atoms with Crippen LogP contribution in [0.3, 0.4) is 0 Å². The van der Waals surface area contributed by atoms with Crippen molar-refractivity contribution in [3.05, 3.63) is 12.2 Å². The molecule has 0 spiro atoms. The minimum absolute atomic E-state index is 0.0400. The molecule has 0 atom stereocenters. The van der Waals surface area contributed by atoms with Crippen LogP contribution in [-0.2, 0) is 9.59 Å². The third kappa shape index (κ3) is 1.40. The van der Waals surface area contributed by atoms with Crippen LogP contribution in [0.15, 0.2) is 12.2 Å². The third-order valence-corrected chi connectivity index (χ3v) is 2.12. The van der Waals surface area contributed by atoms with Crippen molar-refractivity contribution in [3.63, 3.8) is 0 Å². The molecule has 0 radical (unpaired) electrons. The number of Topliss-reactive ketones (excluding diaryl/α,β-unsaturated/α-hetero) is 1. The lowest BCUT2D eigenvalue weighted by molar-refractivity contribution is -0.156. The van der Waals surface area contributed by atoms with Crippen LogP contribution in [0.1, 0.15) is 26.2 Å². The molecule has 12 heavy (non-hydrogen) atoms. The van der Waals surface area contributed by atoms with Crippen molar-refractivity contribution in [1.82, 2.24) is 0 Å². The van der Waals surface area contributed by atoms with E-state index >= 15 is 0 Å². The highest BCUT2D eigenvalue weighted by Crippen LogP contribution is 2.39. The Hall–Kier alpha value is -1.12. The van der Waals surface area contributed by atoms with E-state index in [2.05, 4.69) is 0 Å². The van der Waals surface area contributed by atoms with Gasteiger partial charge < -0.3 is 5.11 Å². The van der Waals surface area contributed by atoms with Gasteiger partial charge in [0.15, 0.2) is 0 Å². The van der Waals surface area contributed by atoms with Gasteiger partial charge in [0, 0.05) is 12.8 Å². The maximum absolute atomic E-state index is 10.8. The summed E-state index contributed by atoms with van der Waals surface area (Å²) in [6.45, 7) is 1.94. The molecule has 3 heteroatoms. The highest BCUT2D eigenvalue weighted by Gasteiger charge is 2.47. The molecule has 0 aromatic heterocycles. The van der Waals surface area contributed by atoms with Crippen molar-refractivity contribution < 1.29 is 14.7 Å². The lowest BCUT2D eigenvalue weighted by atomic mass is 9.67. The Morgan fingerprint density at radius 1 is 1.67 bits per heavy atom. The van der Waals surface area contributed by atoms with E-state index in [0.717, 1.165) is 6.42 Å². The lowest BCUT2D eigenvalue weighted by Gasteiger charge is -2.33. The maximum Gasteiger partial charge on any atom is 0.314 e. The smallest absolute Gasteiger partial charge is 0.314 e. The second-order valence-electron chi connectivity index (χ2n) is 3.16. The summed E-state index contributed by atoms with van der Waals surface area (Å²) in [6, 6.07) is 0. The number of carbonyl (C=O) groups is 2. The van der Waals surface area contributed by atoms with Gasteiger partial charge in [-0.2, -0.15) is 0 Å². The minimum atomic E-state index is -0.883. The summed E-state index contributed by atoms with van der Waals surface area (Å²) in [4.78, 5) is 21.4. The van der Waals surface area contributed by atoms with Crippen LogP contribution in [0.2, 0.25) is 0 Å². The first kappa shape index (κ1) is 8.97. The van der Waals surface area contributed by atoms with E-state index in [-0.39, 0.29) is 18.6 Å². The van der Waals surface area contributed by atoms with Crippen molar-refractivity contribution in [2.45, 2.75) is 26.2 Å². The van der Waals surface area contributed by atoms with E-state index in [4.69, 9.17) is 5.11 Å². The first-order chi connectivity index (χ1) is 5.60. The topological polar surface area (TPSA) is 54.4 Å². The SMILES string of the molecule is CC/C=C/C1(C(=O)O)CC(=O)C1. The number of carboxylic acid groups (broad SMARTS) is 1. The molecule has 1 fully saturated rings. The van der Waals surface area contributed by atoms with Crippen molar-refractivity contribution in [3.8, 4) is 0 Å². The molecular formula is C9H12O3. The van der Waals surface area contributed by atoms with Gasteiger partial charge >= 0.3 is 5.97 Å². The first-order valence-electron chi connectivity index (χ1n) is 4.03. The summed E-state index contributed by atoms with van der Waals surface area (Å²) in [7, 11) is 0. The standard InChI is InChI=1S/C9H12O3/c1-2-3-4-9(8(11)12)5-7(10)6-9/h3-4H,2,5-6H2,1H3,(H,11,12)/b4-3+. The Morgan fingerprint density at radius 2 is 2.25 bits per heavy atom. The molecule has 0 amide bonds. The van der Waals surface area contributed by atoms with Crippen molar-refractivity contribution in [1.29, 1.82) is 0 Å². The number of allylic oxidation sites excluding steroid dienone is 1. The van der Waals surface area contributed by atoms with Crippen LogP contribution in [0.4, 0.5) is 0 Å². The van der Waals surface area contributed by atoms with Crippen LogP contribution in [0.5, 0.6) is 0 Å². The van der Waals surface area contributed by atoms with Gasteiger partial charge in [-0.05, 0) is 6.42 Å². The molecule has 0 unspecified atom stereocenters. The molecule has 0 saturated heterocycles. The van der Waals surface area contributed by atoms with E-state index in [1.54, 1.807) is 12.2 Å². The maximum atomic E-state index is 10.8. The number of carbonyl (C=O) groups excluding carboxylic acids is 1. The molecule has 3 nitrogen and oxygen atoms in total. The van der Waals surface area contributed by atoms with Gasteiger partial charge in [0.1, 0.15) is 5.78 Å². The fourth-order valence-electron chi connectivity index (χ4n) is 1.34. The van der Waals surface area contributed by atoms with Crippen LogP contribution in [-0.4, -0.2) is 16.9 Å². The van der Waals surface area contributed by atoms with Gasteiger partial charge in [-0.25, -0.2) is 0 Å². The van der Waals surface area contributed by atoms with Crippen LogP contribution in [0.25, 0.3) is 0 Å². The molecule has 0 heterocycles. The van der Waals surface area contributed by atoms with Crippen molar-refractivity contribution in [2.75, 3.05) is 0 Å². The molecule has 0 aromatic carbocycles.